The number of phenols is 1. The summed E-state index contributed by atoms with van der Waals surface area (Å²) in [6.07, 6.45) is 0. The molecule has 2 heterocycles. The molecule has 4 rings (SSSR count). The lowest BCUT2D eigenvalue weighted by atomic mass is 10.1. The molecule has 0 saturated carbocycles. The van der Waals surface area contributed by atoms with Crippen molar-refractivity contribution < 1.29 is 9.90 Å². The molecule has 0 spiro atoms. The highest BCUT2D eigenvalue weighted by atomic mass is 16.3. The lowest BCUT2D eigenvalue weighted by Gasteiger charge is -2.15. The molecule has 2 aromatic heterocycles. The minimum absolute atomic E-state index is 0.0499. The van der Waals surface area contributed by atoms with Crippen LogP contribution in [0.1, 0.15) is 27.0 Å². The summed E-state index contributed by atoms with van der Waals surface area (Å²) >= 11 is 0. The monoisotopic (exact) mass is 372 g/mol. The van der Waals surface area contributed by atoms with E-state index in [1.807, 2.05) is 6.92 Å². The number of rotatable bonds is 2. The fourth-order valence-corrected chi connectivity index (χ4v) is 3.47. The molecule has 0 saturated heterocycles. The molecule has 4 aromatic rings. The molecule has 2 aromatic carbocycles. The van der Waals surface area contributed by atoms with Crippen molar-refractivity contribution in [2.24, 2.45) is 5.73 Å². The van der Waals surface area contributed by atoms with Crippen LogP contribution in [0.5, 0.6) is 5.75 Å². The van der Waals surface area contributed by atoms with Crippen LogP contribution < -0.4 is 11.5 Å². The maximum absolute atomic E-state index is 12.1. The third kappa shape index (κ3) is 2.27. The number of nitrogens with zero attached hydrogens (tertiary/aromatic N) is 4. The van der Waals surface area contributed by atoms with E-state index in [9.17, 15) is 15.2 Å². The smallest absolute Gasteiger partial charge is 0.254 e. The number of benzene rings is 2. The van der Waals surface area contributed by atoms with Gasteiger partial charge in [0.15, 0.2) is 5.65 Å². The predicted octanol–water partition coefficient (Wildman–Crippen LogP) is 2.45. The molecule has 8 heteroatoms. The normalized spacial score (nSPS) is 11.0. The second kappa shape index (κ2) is 5.96. The van der Waals surface area contributed by atoms with E-state index < -0.39 is 5.91 Å². The number of nitrogens with two attached hydrogens (primary N) is 2. The molecule has 5 N–H and O–H groups in total. The average Bonchev–Trinajstić information content (AvgIpc) is 2.94. The zero-order chi connectivity index (χ0) is 20.2. The standard InChI is InChI=1S/C20H16N6O2/c1-9-6-7-13(27)10(2)17(9)26-18(22)14(19(23)28)16-20(26)25-15-11(8-21)4-3-5-12(15)24-16/h3-7,27H,22H2,1-2H3,(H2,23,28). The Morgan fingerprint density at radius 1 is 1.18 bits per heavy atom. The topological polar surface area (TPSA) is 144 Å². The number of carbonyl (C=O) groups excluding carboxylic acids is 1. The maximum Gasteiger partial charge on any atom is 0.254 e. The number of fused-ring (bicyclic) bond motifs is 2. The summed E-state index contributed by atoms with van der Waals surface area (Å²) in [6.45, 7) is 3.59. The van der Waals surface area contributed by atoms with Gasteiger partial charge in [-0.3, -0.25) is 9.36 Å². The molecule has 138 valence electrons. The Balaban J connectivity index is 2.26. The number of nitrogen functional groups attached to an aromatic ring is 1. The number of primary amides is 1. The number of phenolic OH excluding ortho intramolecular Hbond substituents is 1. The van der Waals surface area contributed by atoms with Gasteiger partial charge >= 0.3 is 0 Å². The molecule has 28 heavy (non-hydrogen) atoms. The van der Waals surface area contributed by atoms with Crippen molar-refractivity contribution in [1.82, 2.24) is 14.5 Å². The van der Waals surface area contributed by atoms with Gasteiger partial charge < -0.3 is 16.6 Å². The number of aryl methyl sites for hydroxylation is 1. The first-order valence-corrected chi connectivity index (χ1v) is 8.45. The van der Waals surface area contributed by atoms with E-state index in [1.54, 1.807) is 41.8 Å². The number of aromatic hydroxyl groups is 1. The molecule has 1 amide bonds. The van der Waals surface area contributed by atoms with E-state index in [0.717, 1.165) is 5.56 Å². The van der Waals surface area contributed by atoms with Crippen LogP contribution in [-0.2, 0) is 0 Å². The summed E-state index contributed by atoms with van der Waals surface area (Å²) in [4.78, 5) is 21.3. The van der Waals surface area contributed by atoms with E-state index >= 15 is 0 Å². The van der Waals surface area contributed by atoms with Crippen molar-refractivity contribution in [1.29, 1.82) is 5.26 Å². The summed E-state index contributed by atoms with van der Waals surface area (Å²) < 4.78 is 1.56. The lowest BCUT2D eigenvalue weighted by Crippen LogP contribution is -2.14. The van der Waals surface area contributed by atoms with Crippen LogP contribution in [0.3, 0.4) is 0 Å². The Kier molecular flexibility index (Phi) is 3.68. The van der Waals surface area contributed by atoms with E-state index in [1.165, 1.54) is 0 Å². The highest BCUT2D eigenvalue weighted by molar-refractivity contribution is 6.10. The van der Waals surface area contributed by atoms with E-state index in [0.29, 0.717) is 33.5 Å². The molecule has 0 radical (unpaired) electrons. The van der Waals surface area contributed by atoms with Crippen molar-refractivity contribution in [2.45, 2.75) is 13.8 Å². The van der Waals surface area contributed by atoms with Crippen LogP contribution in [0.4, 0.5) is 5.82 Å². The third-order valence-corrected chi connectivity index (χ3v) is 4.82. The predicted molar refractivity (Wildman–Crippen MR) is 105 cm³/mol. The van der Waals surface area contributed by atoms with Crippen molar-refractivity contribution in [3.05, 3.63) is 52.6 Å². The number of para-hydroxylation sites is 1. The second-order valence-electron chi connectivity index (χ2n) is 6.52. The van der Waals surface area contributed by atoms with Crippen LogP contribution >= 0.6 is 0 Å². The molecular formula is C20H16N6O2. The van der Waals surface area contributed by atoms with Crippen LogP contribution in [0.25, 0.3) is 27.9 Å². The highest BCUT2D eigenvalue weighted by Gasteiger charge is 2.25. The van der Waals surface area contributed by atoms with Crippen LogP contribution in [0.15, 0.2) is 30.3 Å². The summed E-state index contributed by atoms with van der Waals surface area (Å²) in [5.74, 6) is -0.580. The first-order valence-electron chi connectivity index (χ1n) is 8.45. The maximum atomic E-state index is 12.1. The number of hydrogen-bond acceptors (Lipinski definition) is 6. The van der Waals surface area contributed by atoms with Gasteiger partial charge in [0.25, 0.3) is 5.91 Å². The number of anilines is 1. The quantitative estimate of drug-likeness (QED) is 0.493. The SMILES string of the molecule is Cc1ccc(O)c(C)c1-n1c(N)c(C(N)=O)c2nc3cccc(C#N)c3nc21. The molecule has 0 fully saturated rings. The van der Waals surface area contributed by atoms with Crippen LogP contribution in [0.2, 0.25) is 0 Å². The molecule has 0 unspecified atom stereocenters. The Hall–Kier alpha value is -4.12. The largest absolute Gasteiger partial charge is 0.508 e. The number of aromatic nitrogens is 3. The Morgan fingerprint density at radius 3 is 2.61 bits per heavy atom. The minimum Gasteiger partial charge on any atom is -0.508 e. The lowest BCUT2D eigenvalue weighted by molar-refractivity contribution is 0.100. The van der Waals surface area contributed by atoms with Crippen molar-refractivity contribution in [3.63, 3.8) is 0 Å². The number of nitriles is 1. The molecule has 8 nitrogen and oxygen atoms in total. The van der Waals surface area contributed by atoms with Gasteiger partial charge in [-0.1, -0.05) is 12.1 Å². The van der Waals surface area contributed by atoms with Gasteiger partial charge in [-0.05, 0) is 37.6 Å². The zero-order valence-corrected chi connectivity index (χ0v) is 15.2. The van der Waals surface area contributed by atoms with Gasteiger partial charge in [0, 0.05) is 5.56 Å². The van der Waals surface area contributed by atoms with E-state index in [2.05, 4.69) is 16.0 Å². The summed E-state index contributed by atoms with van der Waals surface area (Å²) in [5, 5.41) is 19.6. The molecule has 0 aliphatic carbocycles. The molecule has 0 atom stereocenters. The average molecular weight is 372 g/mol. The Morgan fingerprint density at radius 2 is 1.93 bits per heavy atom. The number of carbonyl (C=O) groups is 1. The summed E-state index contributed by atoms with van der Waals surface area (Å²) in [7, 11) is 0. The van der Waals surface area contributed by atoms with E-state index in [-0.39, 0.29) is 22.6 Å². The highest BCUT2D eigenvalue weighted by Crippen LogP contribution is 2.35. The third-order valence-electron chi connectivity index (χ3n) is 4.82. The van der Waals surface area contributed by atoms with Crippen LogP contribution in [0, 0.1) is 25.2 Å². The first kappa shape index (κ1) is 17.3. The number of hydrogen-bond donors (Lipinski definition) is 3. The van der Waals surface area contributed by atoms with Gasteiger partial charge in [0.1, 0.15) is 34.2 Å². The van der Waals surface area contributed by atoms with Crippen molar-refractivity contribution in [2.75, 3.05) is 5.73 Å². The van der Waals surface area contributed by atoms with Crippen LogP contribution in [-0.4, -0.2) is 25.5 Å². The minimum atomic E-state index is -0.734. The fourth-order valence-electron chi connectivity index (χ4n) is 3.47. The molecular weight excluding hydrogens is 356 g/mol. The van der Waals surface area contributed by atoms with E-state index in [4.69, 9.17) is 11.5 Å². The van der Waals surface area contributed by atoms with Gasteiger partial charge in [-0.25, -0.2) is 9.97 Å². The molecule has 0 bridgehead atoms. The zero-order valence-electron chi connectivity index (χ0n) is 15.2. The fraction of sp³-hybridized carbons (Fsp3) is 0.100. The Labute approximate surface area is 159 Å². The van der Waals surface area contributed by atoms with Gasteiger partial charge in [-0.2, -0.15) is 5.26 Å². The molecule has 0 aliphatic rings. The number of amides is 1. The van der Waals surface area contributed by atoms with Gasteiger partial charge in [-0.15, -0.1) is 0 Å². The summed E-state index contributed by atoms with van der Waals surface area (Å²) in [6, 6.07) is 10.4. The Bertz CT molecular complexity index is 1350. The van der Waals surface area contributed by atoms with Crippen molar-refractivity contribution >= 4 is 33.9 Å². The summed E-state index contributed by atoms with van der Waals surface area (Å²) in [5.41, 5.74) is 15.6. The van der Waals surface area contributed by atoms with Gasteiger partial charge in [0.2, 0.25) is 0 Å². The molecule has 0 aliphatic heterocycles. The van der Waals surface area contributed by atoms with Gasteiger partial charge in [0.05, 0.1) is 16.8 Å². The van der Waals surface area contributed by atoms with Crippen molar-refractivity contribution in [3.8, 4) is 17.5 Å². The second-order valence-corrected chi connectivity index (χ2v) is 6.52. The first-order chi connectivity index (χ1) is 13.3.